The van der Waals surface area contributed by atoms with Crippen LogP contribution in [0.25, 0.3) is 0 Å². The lowest BCUT2D eigenvalue weighted by Crippen LogP contribution is -2.30. The van der Waals surface area contributed by atoms with E-state index in [1.165, 1.54) is 148 Å². The summed E-state index contributed by atoms with van der Waals surface area (Å²) in [6.45, 7) is 6.34. The molecule has 0 heterocycles. The number of carbonyl (C=O) groups is 3. The number of hydrogen-bond acceptors (Lipinski definition) is 6. The second-order valence-corrected chi connectivity index (χ2v) is 22.0. The number of esters is 3. The van der Waals surface area contributed by atoms with Crippen LogP contribution in [0.5, 0.6) is 0 Å². The number of ether oxygens (including phenoxy) is 3. The minimum atomic E-state index is -0.830. The molecule has 0 saturated carbocycles. The number of hydrogen-bond donors (Lipinski definition) is 0. The summed E-state index contributed by atoms with van der Waals surface area (Å²) >= 11 is 0. The van der Waals surface area contributed by atoms with Crippen LogP contribution in [0, 0.1) is 0 Å². The monoisotopic (exact) mass is 1120 g/mol. The molecule has 6 nitrogen and oxygen atoms in total. The molecule has 81 heavy (non-hydrogen) atoms. The van der Waals surface area contributed by atoms with Crippen molar-refractivity contribution < 1.29 is 28.6 Å². The Balaban J connectivity index is 4.42. The van der Waals surface area contributed by atoms with Crippen molar-refractivity contribution in [3.05, 3.63) is 134 Å². The predicted molar refractivity (Wildman–Crippen MR) is 353 cm³/mol. The summed E-state index contributed by atoms with van der Waals surface area (Å²) in [4.78, 5) is 38.3. The lowest BCUT2D eigenvalue weighted by molar-refractivity contribution is -0.166. The quantitative estimate of drug-likeness (QED) is 0.0261. The summed E-state index contributed by atoms with van der Waals surface area (Å²) in [5, 5.41) is 0. The highest BCUT2D eigenvalue weighted by atomic mass is 16.6. The molecule has 460 valence electrons. The Bertz CT molecular complexity index is 1720. The highest BCUT2D eigenvalue weighted by molar-refractivity contribution is 5.72. The molecular formula is C75H124O6. The minimum absolute atomic E-state index is 0.115. The summed E-state index contributed by atoms with van der Waals surface area (Å²) in [6.07, 6.45) is 96.4. The summed E-state index contributed by atoms with van der Waals surface area (Å²) < 4.78 is 16.8. The molecule has 0 aliphatic carbocycles. The summed E-state index contributed by atoms with van der Waals surface area (Å²) in [5.74, 6) is -1.06. The van der Waals surface area contributed by atoms with Crippen molar-refractivity contribution in [1.29, 1.82) is 0 Å². The van der Waals surface area contributed by atoms with E-state index in [1.807, 2.05) is 6.08 Å². The molecule has 1 unspecified atom stereocenters. The third kappa shape index (κ3) is 66.2. The van der Waals surface area contributed by atoms with Gasteiger partial charge in [0.15, 0.2) is 6.10 Å². The SMILES string of the molecule is CC/C=C\C/C=C\C/C=C\C/C=C\C/C=C\CCCCCCCCCC(=O)OC(COC(=O)C/C=C\C/C=C\C/C=C\C/C=C\C/C=C\CC)COC(=O)CCCCCCCCCCCCCCC/C=C\CCCCCCCCCC. The number of unbranched alkanes of at least 4 members (excludes halogenated alkanes) is 28. The summed E-state index contributed by atoms with van der Waals surface area (Å²) in [6, 6.07) is 0. The van der Waals surface area contributed by atoms with Gasteiger partial charge in [-0.05, 0) is 116 Å². The Morgan fingerprint density at radius 1 is 0.272 bits per heavy atom. The molecule has 0 aliphatic heterocycles. The maximum atomic E-state index is 12.9. The van der Waals surface area contributed by atoms with Crippen LogP contribution in [0.4, 0.5) is 0 Å². The molecule has 0 aliphatic rings. The fourth-order valence-electron chi connectivity index (χ4n) is 9.19. The van der Waals surface area contributed by atoms with Crippen LogP contribution in [0.3, 0.4) is 0 Å². The predicted octanol–water partition coefficient (Wildman–Crippen LogP) is 23.3. The first-order chi connectivity index (χ1) is 40.0. The van der Waals surface area contributed by atoms with Gasteiger partial charge in [0.1, 0.15) is 13.2 Å². The van der Waals surface area contributed by atoms with Gasteiger partial charge in [0.2, 0.25) is 0 Å². The maximum Gasteiger partial charge on any atom is 0.309 e. The highest BCUT2D eigenvalue weighted by Crippen LogP contribution is 2.16. The highest BCUT2D eigenvalue weighted by Gasteiger charge is 2.19. The average Bonchev–Trinajstić information content (AvgIpc) is 3.47. The fraction of sp³-hybridized carbons (Fsp3) is 0.667. The molecule has 6 heteroatoms. The second kappa shape index (κ2) is 68.1. The fourth-order valence-corrected chi connectivity index (χ4v) is 9.19. The van der Waals surface area contributed by atoms with Crippen molar-refractivity contribution in [2.45, 2.75) is 309 Å². The van der Waals surface area contributed by atoms with E-state index < -0.39 is 12.1 Å². The molecule has 0 rings (SSSR count). The molecule has 0 radical (unpaired) electrons. The molecule has 0 amide bonds. The molecule has 0 aromatic carbocycles. The van der Waals surface area contributed by atoms with Gasteiger partial charge in [-0.2, -0.15) is 0 Å². The van der Waals surface area contributed by atoms with E-state index in [-0.39, 0.29) is 31.6 Å². The van der Waals surface area contributed by atoms with Gasteiger partial charge in [0.05, 0.1) is 6.42 Å². The molecule has 0 aromatic heterocycles. The molecule has 0 N–H and O–H groups in total. The van der Waals surface area contributed by atoms with Crippen LogP contribution in [-0.4, -0.2) is 37.2 Å². The third-order valence-electron chi connectivity index (χ3n) is 14.2. The number of rotatable bonds is 60. The van der Waals surface area contributed by atoms with Crippen molar-refractivity contribution in [2.24, 2.45) is 0 Å². The Morgan fingerprint density at radius 2 is 0.531 bits per heavy atom. The second-order valence-electron chi connectivity index (χ2n) is 22.0. The van der Waals surface area contributed by atoms with Gasteiger partial charge in [-0.25, -0.2) is 0 Å². The van der Waals surface area contributed by atoms with Crippen molar-refractivity contribution in [1.82, 2.24) is 0 Å². The van der Waals surface area contributed by atoms with Crippen LogP contribution >= 0.6 is 0 Å². The van der Waals surface area contributed by atoms with Gasteiger partial charge in [-0.3, -0.25) is 14.4 Å². The standard InChI is InChI=1S/C75H124O6/c1-4-7-10-13-16-19-22-25-28-30-32-34-36-37-39-40-42-44-47-50-53-56-59-62-65-68-74(77)80-71-72(70-79-73(76)67-64-61-58-55-52-49-46-27-24-21-18-15-12-9-6-3)81-75(78)69-66-63-60-57-54-51-48-45-43-41-38-35-33-31-29-26-23-20-17-14-11-8-5-2/h8-9,11-12,17-18,20-21,26-27,29-30,32-33,35,41,43,46,52,55,61,64,72H,4-7,10,13-16,19,22-25,28,31,34,36-40,42,44-45,47-51,53-54,56-60,62-63,65-71H2,1-3H3/b11-8-,12-9-,20-17-,21-18-,29-26-,32-30-,35-33-,43-41-,46-27-,55-52-,64-61-. The lowest BCUT2D eigenvalue weighted by atomic mass is 10.0. The van der Waals surface area contributed by atoms with Crippen LogP contribution in [0.2, 0.25) is 0 Å². The first-order valence-corrected chi connectivity index (χ1v) is 33.7. The average molecular weight is 1120 g/mol. The van der Waals surface area contributed by atoms with Crippen LogP contribution in [0.15, 0.2) is 134 Å². The van der Waals surface area contributed by atoms with E-state index in [9.17, 15) is 14.4 Å². The summed E-state index contributed by atoms with van der Waals surface area (Å²) in [5.41, 5.74) is 0. The van der Waals surface area contributed by atoms with Gasteiger partial charge in [-0.15, -0.1) is 0 Å². The Labute approximate surface area is 500 Å². The van der Waals surface area contributed by atoms with Gasteiger partial charge in [0, 0.05) is 12.8 Å². The zero-order chi connectivity index (χ0) is 58.5. The first-order valence-electron chi connectivity index (χ1n) is 33.7. The van der Waals surface area contributed by atoms with E-state index in [4.69, 9.17) is 14.2 Å². The first kappa shape index (κ1) is 76.5. The Kier molecular flexibility index (Phi) is 64.3. The summed E-state index contributed by atoms with van der Waals surface area (Å²) in [7, 11) is 0. The van der Waals surface area contributed by atoms with E-state index in [1.54, 1.807) is 6.08 Å². The zero-order valence-electron chi connectivity index (χ0n) is 52.8. The molecule has 0 spiro atoms. The molecule has 0 bridgehead atoms. The van der Waals surface area contributed by atoms with Crippen molar-refractivity contribution in [3.8, 4) is 0 Å². The van der Waals surface area contributed by atoms with Crippen LogP contribution in [-0.2, 0) is 28.6 Å². The van der Waals surface area contributed by atoms with E-state index in [2.05, 4.69) is 142 Å². The molecular weight excluding hydrogens is 997 g/mol. The Morgan fingerprint density at radius 3 is 0.877 bits per heavy atom. The van der Waals surface area contributed by atoms with Crippen molar-refractivity contribution >= 4 is 17.9 Å². The lowest BCUT2D eigenvalue weighted by Gasteiger charge is -2.18. The van der Waals surface area contributed by atoms with Crippen LogP contribution < -0.4 is 0 Å². The smallest absolute Gasteiger partial charge is 0.309 e. The van der Waals surface area contributed by atoms with Crippen molar-refractivity contribution in [3.63, 3.8) is 0 Å². The molecule has 1 atom stereocenters. The van der Waals surface area contributed by atoms with Gasteiger partial charge < -0.3 is 14.2 Å². The van der Waals surface area contributed by atoms with E-state index in [0.29, 0.717) is 12.8 Å². The van der Waals surface area contributed by atoms with Crippen LogP contribution in [0.1, 0.15) is 303 Å². The molecule has 0 saturated heterocycles. The molecule has 0 fully saturated rings. The third-order valence-corrected chi connectivity index (χ3v) is 14.2. The van der Waals surface area contributed by atoms with Crippen molar-refractivity contribution in [2.75, 3.05) is 13.2 Å². The van der Waals surface area contributed by atoms with E-state index >= 15 is 0 Å². The molecule has 0 aromatic rings. The van der Waals surface area contributed by atoms with E-state index in [0.717, 1.165) is 116 Å². The number of allylic oxidation sites excluding steroid dienone is 21. The normalized spacial score (nSPS) is 13.0. The van der Waals surface area contributed by atoms with Gasteiger partial charge in [0.25, 0.3) is 0 Å². The largest absolute Gasteiger partial charge is 0.462 e. The van der Waals surface area contributed by atoms with Gasteiger partial charge >= 0.3 is 17.9 Å². The minimum Gasteiger partial charge on any atom is -0.462 e. The zero-order valence-corrected chi connectivity index (χ0v) is 52.8. The van der Waals surface area contributed by atoms with Gasteiger partial charge in [-0.1, -0.05) is 302 Å². The maximum absolute atomic E-state index is 12.9. The topological polar surface area (TPSA) is 78.9 Å². The number of carbonyl (C=O) groups excluding carboxylic acids is 3. The Hall–Kier alpha value is -4.45.